The standard InChI is InChI=1S/C25H27ClN6O5S/c1-15(33)22-18-12-16(26)5-6-19(18)29-24(22)38(35,36)31-10-11-32(17(13-31)4-3-8-27)25(34)23-28-20-7-9-30(2)14-21(20)37-23/h5-6,12,17,29H,3-4,7,9-11,13-14H2,1-2H3. The average Bonchev–Trinajstić information content (AvgIpc) is 3.48. The maximum absolute atomic E-state index is 13.8. The summed E-state index contributed by atoms with van der Waals surface area (Å²) in [5, 5.41) is 9.81. The summed E-state index contributed by atoms with van der Waals surface area (Å²) in [5.41, 5.74) is 1.29. The van der Waals surface area contributed by atoms with Gasteiger partial charge in [-0.25, -0.2) is 13.4 Å². The first-order valence-electron chi connectivity index (χ1n) is 12.3. The Balaban J connectivity index is 1.44. The number of Topliss-reactive ketones (excluding diaryl/α,β-unsaturated/α-hetero) is 1. The Kier molecular flexibility index (Phi) is 7.04. The first kappa shape index (κ1) is 26.4. The van der Waals surface area contributed by atoms with Gasteiger partial charge in [-0.05, 0) is 38.6 Å². The number of H-pyrrole nitrogens is 1. The zero-order valence-electron chi connectivity index (χ0n) is 21.0. The van der Waals surface area contributed by atoms with E-state index in [1.165, 1.54) is 11.2 Å². The fourth-order valence-electron chi connectivity index (χ4n) is 5.14. The van der Waals surface area contributed by atoms with Crippen molar-refractivity contribution in [2.75, 3.05) is 33.2 Å². The number of oxazole rings is 1. The molecule has 38 heavy (non-hydrogen) atoms. The first-order chi connectivity index (χ1) is 18.1. The summed E-state index contributed by atoms with van der Waals surface area (Å²) in [5.74, 6) is -0.195. The van der Waals surface area contributed by atoms with Gasteiger partial charge in [0.1, 0.15) is 5.76 Å². The third-order valence-electron chi connectivity index (χ3n) is 7.08. The smallest absolute Gasteiger partial charge is 0.310 e. The van der Waals surface area contributed by atoms with Gasteiger partial charge < -0.3 is 14.3 Å². The molecule has 1 amide bonds. The van der Waals surface area contributed by atoms with Gasteiger partial charge in [-0.3, -0.25) is 14.5 Å². The third kappa shape index (κ3) is 4.71. The molecule has 0 bridgehead atoms. The van der Waals surface area contributed by atoms with Gasteiger partial charge in [0.2, 0.25) is 0 Å². The maximum Gasteiger partial charge on any atom is 0.310 e. The molecule has 1 saturated heterocycles. The second kappa shape index (κ2) is 10.1. The molecule has 2 aliphatic rings. The van der Waals surface area contributed by atoms with Crippen LogP contribution in [0.2, 0.25) is 5.02 Å². The molecule has 0 saturated carbocycles. The number of amides is 1. The van der Waals surface area contributed by atoms with Crippen LogP contribution in [0.5, 0.6) is 0 Å². The first-order valence-corrected chi connectivity index (χ1v) is 14.1. The third-order valence-corrected chi connectivity index (χ3v) is 9.15. The summed E-state index contributed by atoms with van der Waals surface area (Å²) in [4.78, 5) is 36.9. The molecule has 0 spiro atoms. The lowest BCUT2D eigenvalue weighted by Crippen LogP contribution is -2.56. The van der Waals surface area contributed by atoms with Crippen LogP contribution >= 0.6 is 11.6 Å². The van der Waals surface area contributed by atoms with Gasteiger partial charge in [-0.15, -0.1) is 0 Å². The molecule has 1 atom stereocenters. The van der Waals surface area contributed by atoms with E-state index < -0.39 is 27.8 Å². The SMILES string of the molecule is CC(=O)c1c(S(=O)(=O)N2CCN(C(=O)c3nc4c(o3)CN(C)CC4)C(CCC#N)C2)[nH]c2ccc(Cl)cc12. The van der Waals surface area contributed by atoms with Crippen molar-refractivity contribution in [3.05, 3.63) is 46.1 Å². The number of nitrogens with one attached hydrogen (secondary N) is 1. The number of sulfonamides is 1. The summed E-state index contributed by atoms with van der Waals surface area (Å²) in [7, 11) is -2.18. The zero-order valence-corrected chi connectivity index (χ0v) is 22.6. The molecule has 11 nitrogen and oxygen atoms in total. The van der Waals surface area contributed by atoms with Crippen LogP contribution in [-0.4, -0.2) is 83.4 Å². The lowest BCUT2D eigenvalue weighted by atomic mass is 10.1. The number of fused-ring (bicyclic) bond motifs is 2. The topological polar surface area (TPSA) is 144 Å². The van der Waals surface area contributed by atoms with E-state index in [0.29, 0.717) is 34.7 Å². The van der Waals surface area contributed by atoms with Crippen LogP contribution in [0.4, 0.5) is 0 Å². The molecule has 5 rings (SSSR count). The summed E-state index contributed by atoms with van der Waals surface area (Å²) < 4.78 is 34.7. The molecular formula is C25H27ClN6O5S. The minimum Gasteiger partial charge on any atom is -0.436 e. The van der Waals surface area contributed by atoms with Crippen molar-refractivity contribution in [1.29, 1.82) is 5.26 Å². The summed E-state index contributed by atoms with van der Waals surface area (Å²) >= 11 is 6.11. The Morgan fingerprint density at radius 3 is 2.82 bits per heavy atom. The van der Waals surface area contributed by atoms with Crippen LogP contribution in [0.25, 0.3) is 10.9 Å². The number of nitrogens with zero attached hydrogens (tertiary/aromatic N) is 5. The van der Waals surface area contributed by atoms with Crippen molar-refractivity contribution in [3.8, 4) is 6.07 Å². The van der Waals surface area contributed by atoms with E-state index in [9.17, 15) is 23.3 Å². The Labute approximate surface area is 225 Å². The second-order valence-corrected chi connectivity index (χ2v) is 12.0. The van der Waals surface area contributed by atoms with E-state index in [1.807, 2.05) is 7.05 Å². The van der Waals surface area contributed by atoms with E-state index in [4.69, 9.17) is 16.0 Å². The van der Waals surface area contributed by atoms with Crippen molar-refractivity contribution in [2.45, 2.75) is 43.8 Å². The highest BCUT2D eigenvalue weighted by Gasteiger charge is 2.40. The summed E-state index contributed by atoms with van der Waals surface area (Å²) in [6.07, 6.45) is 1.10. The molecule has 2 aliphatic heterocycles. The van der Waals surface area contributed by atoms with Gasteiger partial charge >= 0.3 is 5.91 Å². The van der Waals surface area contributed by atoms with Crippen molar-refractivity contribution in [1.82, 2.24) is 24.1 Å². The monoisotopic (exact) mass is 558 g/mol. The summed E-state index contributed by atoms with van der Waals surface area (Å²) in [6, 6.07) is 6.30. The maximum atomic E-state index is 13.8. The molecule has 13 heteroatoms. The minimum atomic E-state index is -4.14. The molecule has 1 fully saturated rings. The zero-order chi connectivity index (χ0) is 27.2. The van der Waals surface area contributed by atoms with Crippen LogP contribution in [0, 0.1) is 11.3 Å². The number of benzene rings is 1. The number of halogens is 1. The number of carbonyl (C=O) groups excluding carboxylic acids is 2. The fourth-order valence-corrected chi connectivity index (χ4v) is 7.01. The number of piperazine rings is 1. The number of rotatable bonds is 6. The van der Waals surface area contributed by atoms with Crippen LogP contribution in [0.1, 0.15) is 52.3 Å². The molecule has 3 aromatic rings. The van der Waals surface area contributed by atoms with E-state index in [-0.39, 0.29) is 49.0 Å². The molecule has 4 heterocycles. The lowest BCUT2D eigenvalue weighted by Gasteiger charge is -2.40. The Hall–Kier alpha value is -3.24. The van der Waals surface area contributed by atoms with Gasteiger partial charge in [-0.2, -0.15) is 9.57 Å². The van der Waals surface area contributed by atoms with Gasteiger partial charge in [0.25, 0.3) is 15.9 Å². The molecule has 0 aliphatic carbocycles. The number of aromatic nitrogens is 2. The quantitative estimate of drug-likeness (QED) is 0.455. The number of likely N-dealkylation sites (N-methyl/N-ethyl adjacent to an activating group) is 1. The fraction of sp³-hybridized carbons (Fsp3) is 0.440. The number of nitriles is 1. The highest BCUT2D eigenvalue weighted by Crippen LogP contribution is 2.32. The molecule has 1 aromatic carbocycles. The molecular weight excluding hydrogens is 532 g/mol. The second-order valence-electron chi connectivity index (χ2n) is 9.66. The molecule has 200 valence electrons. The van der Waals surface area contributed by atoms with Crippen molar-refractivity contribution in [2.24, 2.45) is 0 Å². The van der Waals surface area contributed by atoms with Gasteiger partial charge in [-0.1, -0.05) is 11.6 Å². The molecule has 1 N–H and O–H groups in total. The number of ketones is 1. The van der Waals surface area contributed by atoms with E-state index in [0.717, 1.165) is 12.2 Å². The highest BCUT2D eigenvalue weighted by molar-refractivity contribution is 7.89. The Morgan fingerprint density at radius 1 is 1.29 bits per heavy atom. The number of hydrogen-bond acceptors (Lipinski definition) is 8. The van der Waals surface area contributed by atoms with Crippen LogP contribution < -0.4 is 0 Å². The largest absolute Gasteiger partial charge is 0.436 e. The Bertz CT molecular complexity index is 1570. The van der Waals surface area contributed by atoms with Gasteiger partial charge in [0, 0.05) is 61.0 Å². The Morgan fingerprint density at radius 2 is 2.08 bits per heavy atom. The van der Waals surface area contributed by atoms with Crippen molar-refractivity contribution >= 4 is 44.2 Å². The van der Waals surface area contributed by atoms with Crippen LogP contribution in [0.3, 0.4) is 0 Å². The normalized spacial score (nSPS) is 18.9. The minimum absolute atomic E-state index is 0.00769. The molecule has 0 radical (unpaired) electrons. The van der Waals surface area contributed by atoms with E-state index in [2.05, 4.69) is 20.9 Å². The molecule has 1 unspecified atom stereocenters. The van der Waals surface area contributed by atoms with Crippen LogP contribution in [0.15, 0.2) is 27.6 Å². The van der Waals surface area contributed by atoms with Crippen LogP contribution in [-0.2, 0) is 23.0 Å². The van der Waals surface area contributed by atoms with Gasteiger partial charge in [0.15, 0.2) is 10.8 Å². The number of hydrogen-bond donors (Lipinski definition) is 1. The van der Waals surface area contributed by atoms with Crippen molar-refractivity contribution in [3.63, 3.8) is 0 Å². The van der Waals surface area contributed by atoms with E-state index >= 15 is 0 Å². The number of aromatic amines is 1. The van der Waals surface area contributed by atoms with E-state index in [1.54, 1.807) is 23.1 Å². The predicted octanol–water partition coefficient (Wildman–Crippen LogP) is 2.82. The predicted molar refractivity (Wildman–Crippen MR) is 138 cm³/mol. The number of carbonyl (C=O) groups is 2. The van der Waals surface area contributed by atoms with Crippen molar-refractivity contribution < 1.29 is 22.4 Å². The molecule has 2 aromatic heterocycles. The highest BCUT2D eigenvalue weighted by atomic mass is 35.5. The lowest BCUT2D eigenvalue weighted by molar-refractivity contribution is 0.0510. The van der Waals surface area contributed by atoms with Gasteiger partial charge in [0.05, 0.1) is 23.9 Å². The summed E-state index contributed by atoms with van der Waals surface area (Å²) in [6.45, 7) is 2.75. The average molecular weight is 559 g/mol.